The van der Waals surface area contributed by atoms with E-state index in [0.29, 0.717) is 0 Å². The van der Waals surface area contributed by atoms with Crippen LogP contribution in [0.2, 0.25) is 0 Å². The zero-order chi connectivity index (χ0) is 6.97. The maximum absolute atomic E-state index is 5.54. The first-order chi connectivity index (χ1) is 4.86. The van der Waals surface area contributed by atoms with Crippen LogP contribution in [0.15, 0.2) is 24.5 Å². The number of aromatic amines is 1. The van der Waals surface area contributed by atoms with E-state index in [9.17, 15) is 0 Å². The smallest absolute Gasteiger partial charge is 0.0931 e. The largest absolute Gasteiger partial charge is 0.399 e. The predicted octanol–water partition coefficient (Wildman–Crippen LogP) is 1.99. The van der Waals surface area contributed by atoms with E-state index < -0.39 is 0 Å². The number of H-pyrrole nitrogens is 1. The summed E-state index contributed by atoms with van der Waals surface area (Å²) in [6.45, 7) is 0. The Morgan fingerprint density at radius 1 is 1.33 bits per heavy atom. The highest BCUT2D eigenvalue weighted by atomic mass is 35.5. The van der Waals surface area contributed by atoms with Crippen molar-refractivity contribution in [2.45, 2.75) is 0 Å². The van der Waals surface area contributed by atoms with Gasteiger partial charge in [-0.05, 0) is 18.2 Å². The average molecular weight is 208 g/mol. The highest BCUT2D eigenvalue weighted by Gasteiger charge is 1.92. The number of hydrogen-bond acceptors (Lipinski definition) is 2. The molecule has 2 aromatic rings. The van der Waals surface area contributed by atoms with Crippen molar-refractivity contribution in [3.05, 3.63) is 24.5 Å². The van der Waals surface area contributed by atoms with Gasteiger partial charge >= 0.3 is 0 Å². The highest BCUT2D eigenvalue weighted by Crippen LogP contribution is 2.11. The number of fused-ring (bicyclic) bond motifs is 1. The first-order valence-electron chi connectivity index (χ1n) is 3.05. The van der Waals surface area contributed by atoms with Crippen molar-refractivity contribution in [1.29, 1.82) is 0 Å². The molecule has 3 nitrogen and oxygen atoms in total. The summed E-state index contributed by atoms with van der Waals surface area (Å²) in [6.07, 6.45) is 1.66. The van der Waals surface area contributed by atoms with Gasteiger partial charge in [0.1, 0.15) is 0 Å². The van der Waals surface area contributed by atoms with Crippen molar-refractivity contribution < 1.29 is 0 Å². The van der Waals surface area contributed by atoms with Gasteiger partial charge in [-0.15, -0.1) is 24.8 Å². The molecule has 1 aromatic heterocycles. The van der Waals surface area contributed by atoms with E-state index in [-0.39, 0.29) is 24.8 Å². The molecule has 3 N–H and O–H groups in total. The summed E-state index contributed by atoms with van der Waals surface area (Å²) in [5, 5.41) is 0. The number of imidazole rings is 1. The third-order valence-corrected chi connectivity index (χ3v) is 1.44. The van der Waals surface area contributed by atoms with E-state index in [1.54, 1.807) is 6.33 Å². The quantitative estimate of drug-likeness (QED) is 0.650. The Kier molecular flexibility index (Phi) is 3.86. The van der Waals surface area contributed by atoms with Crippen LogP contribution in [0.4, 0.5) is 5.69 Å². The van der Waals surface area contributed by atoms with Crippen molar-refractivity contribution in [3.63, 3.8) is 0 Å². The summed E-state index contributed by atoms with van der Waals surface area (Å²) >= 11 is 0. The minimum atomic E-state index is 0. The fraction of sp³-hybridized carbons (Fsp3) is 0. The number of nitrogen functional groups attached to an aromatic ring is 1. The van der Waals surface area contributed by atoms with Crippen LogP contribution in [0.5, 0.6) is 0 Å². The lowest BCUT2D eigenvalue weighted by atomic mass is 10.3. The van der Waals surface area contributed by atoms with E-state index in [0.717, 1.165) is 16.7 Å². The van der Waals surface area contributed by atoms with Gasteiger partial charge in [-0.2, -0.15) is 0 Å². The molecule has 0 aliphatic carbocycles. The van der Waals surface area contributed by atoms with Gasteiger partial charge in [-0.1, -0.05) is 0 Å². The summed E-state index contributed by atoms with van der Waals surface area (Å²) < 4.78 is 0. The topological polar surface area (TPSA) is 54.7 Å². The van der Waals surface area contributed by atoms with Crippen LogP contribution in [0.1, 0.15) is 0 Å². The van der Waals surface area contributed by atoms with Crippen LogP contribution >= 0.6 is 24.8 Å². The fourth-order valence-corrected chi connectivity index (χ4v) is 0.953. The molecule has 2 rings (SSSR count). The first kappa shape index (κ1) is 11.1. The number of nitrogens with one attached hydrogen (secondary N) is 1. The molecule has 1 aromatic carbocycles. The molecule has 1 heterocycles. The molecule has 0 fully saturated rings. The van der Waals surface area contributed by atoms with Crippen LogP contribution in [0.25, 0.3) is 11.0 Å². The predicted molar refractivity (Wildman–Crippen MR) is 55.0 cm³/mol. The first-order valence-corrected chi connectivity index (χ1v) is 3.05. The second-order valence-corrected chi connectivity index (χ2v) is 2.18. The number of anilines is 1. The number of nitrogens with zero attached hydrogens (tertiary/aromatic N) is 1. The Hall–Kier alpha value is -0.930. The van der Waals surface area contributed by atoms with Gasteiger partial charge in [0.2, 0.25) is 0 Å². The van der Waals surface area contributed by atoms with Crippen molar-refractivity contribution in [2.75, 3.05) is 5.73 Å². The van der Waals surface area contributed by atoms with Crippen molar-refractivity contribution in [1.82, 2.24) is 9.97 Å². The van der Waals surface area contributed by atoms with Gasteiger partial charge < -0.3 is 10.7 Å². The zero-order valence-electron chi connectivity index (χ0n) is 6.15. The van der Waals surface area contributed by atoms with E-state index >= 15 is 0 Å². The molecule has 0 unspecified atom stereocenters. The summed E-state index contributed by atoms with van der Waals surface area (Å²) in [4.78, 5) is 7.02. The third kappa shape index (κ3) is 1.81. The zero-order valence-corrected chi connectivity index (χ0v) is 7.78. The number of halogens is 2. The van der Waals surface area contributed by atoms with Gasteiger partial charge in [0.25, 0.3) is 0 Å². The Bertz CT molecular complexity index is 358. The van der Waals surface area contributed by atoms with Crippen LogP contribution in [-0.4, -0.2) is 9.97 Å². The number of hydrogen-bond donors (Lipinski definition) is 2. The van der Waals surface area contributed by atoms with Crippen LogP contribution in [-0.2, 0) is 0 Å². The highest BCUT2D eigenvalue weighted by molar-refractivity contribution is 5.85. The number of benzene rings is 1. The average Bonchev–Trinajstić information content (AvgIpc) is 2.33. The fourth-order valence-electron chi connectivity index (χ4n) is 0.953. The number of rotatable bonds is 0. The van der Waals surface area contributed by atoms with Crippen molar-refractivity contribution >= 4 is 41.5 Å². The molecule has 0 amide bonds. The summed E-state index contributed by atoms with van der Waals surface area (Å²) in [5.41, 5.74) is 8.24. The van der Waals surface area contributed by atoms with Crippen LogP contribution in [0.3, 0.4) is 0 Å². The maximum Gasteiger partial charge on any atom is 0.0931 e. The van der Waals surface area contributed by atoms with Gasteiger partial charge in [-0.25, -0.2) is 4.98 Å². The van der Waals surface area contributed by atoms with E-state index in [1.807, 2.05) is 18.2 Å². The molecule has 12 heavy (non-hydrogen) atoms. The number of nitrogens with two attached hydrogens (primary N) is 1. The summed E-state index contributed by atoms with van der Waals surface area (Å²) in [6, 6.07) is 5.59. The van der Waals surface area contributed by atoms with E-state index in [2.05, 4.69) is 9.97 Å². The van der Waals surface area contributed by atoms with Crippen LogP contribution in [0, 0.1) is 0 Å². The molecule has 5 heteroatoms. The molecule has 0 atom stereocenters. The minimum absolute atomic E-state index is 0. The molecule has 0 bridgehead atoms. The van der Waals surface area contributed by atoms with Crippen molar-refractivity contribution in [2.24, 2.45) is 0 Å². The standard InChI is InChI=1S/C7H7N3.2ClH/c8-5-1-2-6-7(3-5)10-4-9-6;;/h1-4H,8H2,(H,9,10);2*1H/i4+2;;. The second-order valence-electron chi connectivity index (χ2n) is 2.18. The molecule has 0 aliphatic heterocycles. The molecule has 66 valence electrons. The SMILES string of the molecule is Cl.Cl.Nc1ccc2n[14cH][nH]c2c1. The summed E-state index contributed by atoms with van der Waals surface area (Å²) in [7, 11) is 0. The van der Waals surface area contributed by atoms with Gasteiger partial charge in [0.05, 0.1) is 17.4 Å². The third-order valence-electron chi connectivity index (χ3n) is 1.44. The van der Waals surface area contributed by atoms with Gasteiger partial charge in [0.15, 0.2) is 0 Å². The molecule has 0 spiro atoms. The molecular weight excluding hydrogens is 199 g/mol. The Balaban J connectivity index is 0.000000605. The molecule has 0 aliphatic rings. The maximum atomic E-state index is 5.54. The number of aromatic nitrogens is 2. The molecular formula is C7H9Cl2N3. The van der Waals surface area contributed by atoms with Gasteiger partial charge in [0, 0.05) is 5.69 Å². The Morgan fingerprint density at radius 2 is 2.08 bits per heavy atom. The second kappa shape index (κ2) is 4.18. The molecule has 0 saturated heterocycles. The Morgan fingerprint density at radius 3 is 2.83 bits per heavy atom. The van der Waals surface area contributed by atoms with E-state index in [1.165, 1.54) is 0 Å². The lowest BCUT2D eigenvalue weighted by Crippen LogP contribution is -1.82. The Labute approximate surface area is 82.2 Å². The lowest BCUT2D eigenvalue weighted by Gasteiger charge is -1.89. The molecule has 0 radical (unpaired) electrons. The van der Waals surface area contributed by atoms with Crippen LogP contribution < -0.4 is 5.73 Å². The monoisotopic (exact) mass is 207 g/mol. The lowest BCUT2D eigenvalue weighted by molar-refractivity contribution is 1.34. The normalized spacial score (nSPS) is 8.67. The summed E-state index contributed by atoms with van der Waals surface area (Å²) in [5.74, 6) is 0. The van der Waals surface area contributed by atoms with Gasteiger partial charge in [-0.3, -0.25) is 0 Å². The molecule has 0 saturated carbocycles. The minimum Gasteiger partial charge on any atom is -0.399 e. The van der Waals surface area contributed by atoms with Crippen molar-refractivity contribution in [3.8, 4) is 0 Å². The van der Waals surface area contributed by atoms with E-state index in [4.69, 9.17) is 5.73 Å².